The summed E-state index contributed by atoms with van der Waals surface area (Å²) in [4.78, 5) is 16.9. The predicted octanol–water partition coefficient (Wildman–Crippen LogP) is 2.03. The molecule has 0 aliphatic rings. The fourth-order valence-electron chi connectivity index (χ4n) is 2.54. The molecule has 3 rings (SSSR count). The van der Waals surface area contributed by atoms with Crippen molar-refractivity contribution in [2.24, 2.45) is 5.73 Å². The number of anilines is 1. The van der Waals surface area contributed by atoms with Crippen LogP contribution in [0.15, 0.2) is 54.7 Å². The lowest BCUT2D eigenvalue weighted by Gasteiger charge is -2.19. The fraction of sp³-hybridized carbons (Fsp3) is 0.222. The van der Waals surface area contributed by atoms with Gasteiger partial charge in [-0.25, -0.2) is 4.98 Å². The molecule has 0 unspecified atom stereocenters. The molecule has 6 nitrogen and oxygen atoms in total. The summed E-state index contributed by atoms with van der Waals surface area (Å²) in [6, 6.07) is 14.3. The summed E-state index contributed by atoms with van der Waals surface area (Å²) in [6.45, 7) is 2.18. The van der Waals surface area contributed by atoms with Crippen LogP contribution in [0.2, 0.25) is 0 Å². The van der Waals surface area contributed by atoms with Crippen LogP contribution in [-0.4, -0.2) is 27.3 Å². The number of ketones is 1. The van der Waals surface area contributed by atoms with Crippen LogP contribution in [0.5, 0.6) is 0 Å². The highest BCUT2D eigenvalue weighted by Gasteiger charge is 2.27. The van der Waals surface area contributed by atoms with Gasteiger partial charge in [-0.15, -0.1) is 0 Å². The lowest BCUT2D eigenvalue weighted by Crippen LogP contribution is -2.42. The van der Waals surface area contributed by atoms with E-state index in [4.69, 9.17) is 16.2 Å². The van der Waals surface area contributed by atoms with Crippen LogP contribution in [0.3, 0.4) is 0 Å². The average Bonchev–Trinajstić information content (AvgIpc) is 2.95. The van der Waals surface area contributed by atoms with Gasteiger partial charge in [0.1, 0.15) is 11.3 Å². The summed E-state index contributed by atoms with van der Waals surface area (Å²) < 4.78 is 7.40. The van der Waals surface area contributed by atoms with Gasteiger partial charge in [0.15, 0.2) is 5.82 Å². The number of aromatic nitrogens is 2. The maximum absolute atomic E-state index is 12.7. The van der Waals surface area contributed by atoms with E-state index in [1.54, 1.807) is 23.6 Å². The topological polar surface area (TPSA) is 95.6 Å². The van der Waals surface area contributed by atoms with Crippen molar-refractivity contribution >= 4 is 17.2 Å². The van der Waals surface area contributed by atoms with E-state index < -0.39 is 12.1 Å². The summed E-state index contributed by atoms with van der Waals surface area (Å²) in [7, 11) is 0. The van der Waals surface area contributed by atoms with Gasteiger partial charge < -0.3 is 16.2 Å². The molecule has 6 heteroatoms. The van der Waals surface area contributed by atoms with Crippen molar-refractivity contribution in [3.63, 3.8) is 0 Å². The highest BCUT2D eigenvalue weighted by molar-refractivity contribution is 6.03. The van der Waals surface area contributed by atoms with E-state index in [0.717, 1.165) is 5.56 Å². The van der Waals surface area contributed by atoms with Crippen molar-refractivity contribution in [2.75, 3.05) is 5.73 Å². The second-order valence-corrected chi connectivity index (χ2v) is 5.67. The van der Waals surface area contributed by atoms with Gasteiger partial charge in [-0.3, -0.25) is 9.20 Å². The third-order valence-electron chi connectivity index (χ3n) is 3.95. The van der Waals surface area contributed by atoms with Crippen molar-refractivity contribution < 1.29 is 9.53 Å². The van der Waals surface area contributed by atoms with Gasteiger partial charge >= 0.3 is 0 Å². The minimum Gasteiger partial charge on any atom is -0.382 e. The molecule has 0 amide bonds. The SMILES string of the molecule is C[C@H](OCc1ccccc1)[C@H](N)C(=O)c1c(N)nc2ccccn12. The van der Waals surface area contributed by atoms with Gasteiger partial charge in [-0.2, -0.15) is 0 Å². The van der Waals surface area contributed by atoms with Crippen molar-refractivity contribution in [3.05, 3.63) is 66.0 Å². The fourth-order valence-corrected chi connectivity index (χ4v) is 2.54. The van der Waals surface area contributed by atoms with E-state index in [9.17, 15) is 4.79 Å². The molecule has 0 fully saturated rings. The number of ether oxygens (including phenoxy) is 1. The van der Waals surface area contributed by atoms with E-state index >= 15 is 0 Å². The number of imidazole rings is 1. The zero-order chi connectivity index (χ0) is 17.1. The van der Waals surface area contributed by atoms with Crippen molar-refractivity contribution in [1.82, 2.24) is 9.38 Å². The summed E-state index contributed by atoms with van der Waals surface area (Å²) in [5, 5.41) is 0. The monoisotopic (exact) mass is 324 g/mol. The second-order valence-electron chi connectivity index (χ2n) is 5.67. The van der Waals surface area contributed by atoms with Crippen molar-refractivity contribution in [3.8, 4) is 0 Å². The largest absolute Gasteiger partial charge is 0.382 e. The third kappa shape index (κ3) is 3.15. The van der Waals surface area contributed by atoms with Crippen LogP contribution >= 0.6 is 0 Å². The standard InChI is InChI=1S/C18H20N4O2/c1-12(24-11-13-7-3-2-4-8-13)15(19)17(23)16-18(20)21-14-9-5-6-10-22(14)16/h2-10,12,15H,11,19-20H2,1H3/t12-,15-/m0/s1. The number of nitrogen functional groups attached to an aromatic ring is 1. The van der Waals surface area contributed by atoms with Gasteiger partial charge in [0.2, 0.25) is 5.78 Å². The molecule has 2 atom stereocenters. The Hall–Kier alpha value is -2.70. The number of nitrogens with zero attached hydrogens (tertiary/aromatic N) is 2. The van der Waals surface area contributed by atoms with E-state index in [0.29, 0.717) is 17.9 Å². The summed E-state index contributed by atoms with van der Waals surface area (Å²) >= 11 is 0. The number of benzene rings is 1. The Balaban J connectivity index is 1.74. The van der Waals surface area contributed by atoms with Gasteiger partial charge in [0.25, 0.3) is 0 Å². The molecule has 0 bridgehead atoms. The van der Waals surface area contributed by atoms with Crippen LogP contribution in [0, 0.1) is 0 Å². The molecule has 124 valence electrons. The summed E-state index contributed by atoms with van der Waals surface area (Å²) in [6.07, 6.45) is 1.29. The first-order valence-corrected chi connectivity index (χ1v) is 7.76. The number of fused-ring (bicyclic) bond motifs is 1. The number of Topliss-reactive ketones (excluding diaryl/α,β-unsaturated/α-hetero) is 1. The molecular formula is C18H20N4O2. The normalized spacial score (nSPS) is 13.8. The number of pyridine rings is 1. The lowest BCUT2D eigenvalue weighted by molar-refractivity contribution is 0.0341. The second kappa shape index (κ2) is 6.82. The molecule has 2 heterocycles. The number of hydrogen-bond acceptors (Lipinski definition) is 5. The molecule has 2 aromatic heterocycles. The Morgan fingerprint density at radius 2 is 1.92 bits per heavy atom. The van der Waals surface area contributed by atoms with E-state index in [-0.39, 0.29) is 11.6 Å². The van der Waals surface area contributed by atoms with Gasteiger partial charge in [-0.05, 0) is 24.6 Å². The zero-order valence-electron chi connectivity index (χ0n) is 13.4. The summed E-state index contributed by atoms with van der Waals surface area (Å²) in [5.41, 5.74) is 14.0. The maximum atomic E-state index is 12.7. The number of rotatable bonds is 6. The van der Waals surface area contributed by atoms with Gasteiger partial charge in [-0.1, -0.05) is 36.4 Å². The van der Waals surface area contributed by atoms with Crippen LogP contribution < -0.4 is 11.5 Å². The van der Waals surface area contributed by atoms with Crippen LogP contribution in [-0.2, 0) is 11.3 Å². The molecule has 1 aromatic carbocycles. The number of nitrogens with two attached hydrogens (primary N) is 2. The highest BCUT2D eigenvalue weighted by Crippen LogP contribution is 2.18. The van der Waals surface area contributed by atoms with Gasteiger partial charge in [0, 0.05) is 6.20 Å². The first kappa shape index (κ1) is 16.2. The molecule has 0 saturated heterocycles. The highest BCUT2D eigenvalue weighted by atomic mass is 16.5. The van der Waals surface area contributed by atoms with E-state index in [1.807, 2.05) is 42.5 Å². The Labute approximate surface area is 140 Å². The smallest absolute Gasteiger partial charge is 0.202 e. The lowest BCUT2D eigenvalue weighted by atomic mass is 10.1. The quantitative estimate of drug-likeness (QED) is 0.676. The number of hydrogen-bond donors (Lipinski definition) is 2. The molecule has 24 heavy (non-hydrogen) atoms. The first-order chi connectivity index (χ1) is 11.6. The molecule has 0 spiro atoms. The predicted molar refractivity (Wildman–Crippen MR) is 92.6 cm³/mol. The Bertz CT molecular complexity index is 845. The third-order valence-corrected chi connectivity index (χ3v) is 3.95. The minimum atomic E-state index is -0.823. The molecule has 3 aromatic rings. The average molecular weight is 324 g/mol. The Morgan fingerprint density at radius 1 is 1.21 bits per heavy atom. The molecule has 0 aliphatic carbocycles. The number of carbonyl (C=O) groups excluding carboxylic acids is 1. The molecule has 0 aliphatic heterocycles. The van der Waals surface area contributed by atoms with E-state index in [1.165, 1.54) is 0 Å². The maximum Gasteiger partial charge on any atom is 0.202 e. The Kier molecular flexibility index (Phi) is 4.59. The van der Waals surface area contributed by atoms with Crippen LogP contribution in [0.25, 0.3) is 5.65 Å². The van der Waals surface area contributed by atoms with Crippen molar-refractivity contribution in [2.45, 2.75) is 25.7 Å². The van der Waals surface area contributed by atoms with Crippen molar-refractivity contribution in [1.29, 1.82) is 0 Å². The van der Waals surface area contributed by atoms with Crippen LogP contribution in [0.1, 0.15) is 23.0 Å². The molecular weight excluding hydrogens is 304 g/mol. The molecule has 0 radical (unpaired) electrons. The van der Waals surface area contributed by atoms with Crippen LogP contribution in [0.4, 0.5) is 5.82 Å². The summed E-state index contributed by atoms with van der Waals surface area (Å²) in [5.74, 6) is -0.108. The Morgan fingerprint density at radius 3 is 2.67 bits per heavy atom. The first-order valence-electron chi connectivity index (χ1n) is 7.76. The molecule has 4 N–H and O–H groups in total. The minimum absolute atomic E-state index is 0.178. The number of carbonyl (C=O) groups is 1. The zero-order valence-corrected chi connectivity index (χ0v) is 13.4. The molecule has 0 saturated carbocycles. The van der Waals surface area contributed by atoms with E-state index in [2.05, 4.69) is 4.98 Å². The van der Waals surface area contributed by atoms with Gasteiger partial charge in [0.05, 0.1) is 18.8 Å².